The number of rotatable bonds is 5. The Kier molecular flexibility index (Phi) is 4.49. The van der Waals surface area contributed by atoms with E-state index in [-0.39, 0.29) is 24.1 Å². The fourth-order valence-electron chi connectivity index (χ4n) is 3.42. The maximum absolute atomic E-state index is 12.1. The van der Waals surface area contributed by atoms with Crippen LogP contribution in [0.2, 0.25) is 0 Å². The average molecular weight is 375 g/mol. The molecule has 0 N–H and O–H groups in total. The van der Waals surface area contributed by atoms with Crippen LogP contribution < -0.4 is 0 Å². The summed E-state index contributed by atoms with van der Waals surface area (Å²) in [4.78, 5) is 27.0. The first-order valence-electron chi connectivity index (χ1n) is 8.73. The molecule has 0 spiro atoms. The number of non-ortho nitro benzene ring substituents is 1. The second-order valence-electron chi connectivity index (χ2n) is 6.48. The highest BCUT2D eigenvalue weighted by Gasteiger charge is 2.22. The SMILES string of the molecule is COC(=O)CC(c1ccc2ccccc2c1)n1cnc2cc([N+](=O)[O-])ccc21. The van der Waals surface area contributed by atoms with E-state index in [4.69, 9.17) is 4.74 Å². The van der Waals surface area contributed by atoms with Gasteiger partial charge >= 0.3 is 5.97 Å². The molecule has 0 saturated carbocycles. The topological polar surface area (TPSA) is 87.3 Å². The van der Waals surface area contributed by atoms with E-state index in [0.29, 0.717) is 11.0 Å². The summed E-state index contributed by atoms with van der Waals surface area (Å²) in [5.41, 5.74) is 2.13. The Labute approximate surface area is 160 Å². The fourth-order valence-corrected chi connectivity index (χ4v) is 3.42. The van der Waals surface area contributed by atoms with Crippen LogP contribution in [-0.2, 0) is 9.53 Å². The number of hydrogen-bond donors (Lipinski definition) is 0. The Morgan fingerprint density at radius 1 is 1.14 bits per heavy atom. The Hall–Kier alpha value is -3.74. The molecule has 3 aromatic carbocycles. The summed E-state index contributed by atoms with van der Waals surface area (Å²) in [6, 6.07) is 18.2. The lowest BCUT2D eigenvalue weighted by Crippen LogP contribution is -2.15. The molecule has 0 saturated heterocycles. The molecule has 1 heterocycles. The molecular weight excluding hydrogens is 358 g/mol. The van der Waals surface area contributed by atoms with Crippen molar-refractivity contribution in [1.82, 2.24) is 9.55 Å². The van der Waals surface area contributed by atoms with Crippen molar-refractivity contribution in [3.8, 4) is 0 Å². The van der Waals surface area contributed by atoms with Gasteiger partial charge in [-0.3, -0.25) is 14.9 Å². The Morgan fingerprint density at radius 3 is 2.68 bits per heavy atom. The lowest BCUT2D eigenvalue weighted by molar-refractivity contribution is -0.384. The third-order valence-corrected chi connectivity index (χ3v) is 4.85. The van der Waals surface area contributed by atoms with Gasteiger partial charge in [0.2, 0.25) is 0 Å². The van der Waals surface area contributed by atoms with Gasteiger partial charge in [0, 0.05) is 12.1 Å². The van der Waals surface area contributed by atoms with Gasteiger partial charge in [0.15, 0.2) is 0 Å². The number of hydrogen-bond acceptors (Lipinski definition) is 5. The molecule has 4 aromatic rings. The van der Waals surface area contributed by atoms with Gasteiger partial charge in [0.1, 0.15) is 0 Å². The summed E-state index contributed by atoms with van der Waals surface area (Å²) in [6.07, 6.45) is 1.73. The first-order valence-corrected chi connectivity index (χ1v) is 8.73. The number of nitro groups is 1. The molecule has 7 heteroatoms. The van der Waals surface area contributed by atoms with Crippen molar-refractivity contribution in [3.05, 3.63) is 82.7 Å². The molecule has 1 aromatic heterocycles. The smallest absolute Gasteiger partial charge is 0.307 e. The van der Waals surface area contributed by atoms with E-state index < -0.39 is 4.92 Å². The average Bonchev–Trinajstić information content (AvgIpc) is 3.14. The van der Waals surface area contributed by atoms with E-state index in [1.807, 2.05) is 47.0 Å². The maximum Gasteiger partial charge on any atom is 0.307 e. The van der Waals surface area contributed by atoms with Crippen LogP contribution in [0.15, 0.2) is 67.0 Å². The lowest BCUT2D eigenvalue weighted by atomic mass is 9.99. The number of benzene rings is 3. The van der Waals surface area contributed by atoms with Crippen LogP contribution in [0.25, 0.3) is 21.8 Å². The number of carbonyl (C=O) groups is 1. The van der Waals surface area contributed by atoms with Gasteiger partial charge in [-0.1, -0.05) is 36.4 Å². The Morgan fingerprint density at radius 2 is 1.93 bits per heavy atom. The lowest BCUT2D eigenvalue weighted by Gasteiger charge is -2.19. The normalized spacial score (nSPS) is 12.2. The number of carbonyl (C=O) groups excluding carboxylic acids is 1. The van der Waals surface area contributed by atoms with Crippen LogP contribution in [0.5, 0.6) is 0 Å². The molecule has 140 valence electrons. The molecule has 0 aliphatic rings. The molecule has 28 heavy (non-hydrogen) atoms. The van der Waals surface area contributed by atoms with E-state index in [9.17, 15) is 14.9 Å². The van der Waals surface area contributed by atoms with Crippen molar-refractivity contribution in [2.75, 3.05) is 7.11 Å². The van der Waals surface area contributed by atoms with E-state index >= 15 is 0 Å². The quantitative estimate of drug-likeness (QED) is 0.296. The second-order valence-corrected chi connectivity index (χ2v) is 6.48. The van der Waals surface area contributed by atoms with E-state index in [1.54, 1.807) is 12.4 Å². The van der Waals surface area contributed by atoms with Crippen LogP contribution in [0.3, 0.4) is 0 Å². The second kappa shape index (κ2) is 7.11. The van der Waals surface area contributed by atoms with Crippen LogP contribution >= 0.6 is 0 Å². The molecule has 0 aliphatic carbocycles. The first kappa shape index (κ1) is 17.7. The van der Waals surface area contributed by atoms with E-state index in [1.165, 1.54) is 19.2 Å². The van der Waals surface area contributed by atoms with Crippen molar-refractivity contribution in [1.29, 1.82) is 0 Å². The van der Waals surface area contributed by atoms with Crippen LogP contribution in [-0.4, -0.2) is 27.6 Å². The van der Waals surface area contributed by atoms with Crippen LogP contribution in [0, 0.1) is 10.1 Å². The molecule has 0 amide bonds. The Balaban J connectivity index is 1.84. The summed E-state index contributed by atoms with van der Waals surface area (Å²) in [5, 5.41) is 13.2. The van der Waals surface area contributed by atoms with Gasteiger partial charge in [0.05, 0.1) is 41.9 Å². The summed E-state index contributed by atoms with van der Waals surface area (Å²) in [5.74, 6) is -0.345. The molecule has 1 unspecified atom stereocenters. The molecule has 7 nitrogen and oxygen atoms in total. The number of imidazole rings is 1. The zero-order valence-electron chi connectivity index (χ0n) is 15.1. The number of methoxy groups -OCH3 is 1. The summed E-state index contributed by atoms with van der Waals surface area (Å²) in [6.45, 7) is 0. The van der Waals surface area contributed by atoms with Crippen LogP contribution in [0.4, 0.5) is 5.69 Å². The molecule has 0 aliphatic heterocycles. The van der Waals surface area contributed by atoms with Crippen molar-refractivity contribution < 1.29 is 14.5 Å². The van der Waals surface area contributed by atoms with E-state index in [2.05, 4.69) is 4.98 Å². The Bertz CT molecular complexity index is 1200. The highest BCUT2D eigenvalue weighted by molar-refractivity contribution is 5.84. The third-order valence-electron chi connectivity index (χ3n) is 4.85. The number of aromatic nitrogens is 2. The van der Waals surface area contributed by atoms with Crippen molar-refractivity contribution in [3.63, 3.8) is 0 Å². The monoisotopic (exact) mass is 375 g/mol. The van der Waals surface area contributed by atoms with Gasteiger partial charge in [-0.25, -0.2) is 4.98 Å². The molecule has 0 bridgehead atoms. The van der Waals surface area contributed by atoms with Crippen molar-refractivity contribution >= 4 is 33.5 Å². The number of ether oxygens (including phenoxy) is 1. The number of fused-ring (bicyclic) bond motifs is 2. The fraction of sp³-hybridized carbons (Fsp3) is 0.143. The largest absolute Gasteiger partial charge is 0.469 e. The maximum atomic E-state index is 12.1. The van der Waals surface area contributed by atoms with Gasteiger partial charge in [0.25, 0.3) is 5.69 Å². The zero-order valence-corrected chi connectivity index (χ0v) is 15.1. The molecule has 1 atom stereocenters. The minimum absolute atomic E-state index is 0.0204. The van der Waals surface area contributed by atoms with Gasteiger partial charge in [-0.15, -0.1) is 0 Å². The minimum atomic E-state index is -0.451. The summed E-state index contributed by atoms with van der Waals surface area (Å²) >= 11 is 0. The summed E-state index contributed by atoms with van der Waals surface area (Å²) in [7, 11) is 1.36. The number of esters is 1. The van der Waals surface area contributed by atoms with Gasteiger partial charge in [-0.05, 0) is 28.5 Å². The minimum Gasteiger partial charge on any atom is -0.469 e. The predicted octanol–water partition coefficient (Wildman–Crippen LogP) is 4.25. The van der Waals surface area contributed by atoms with E-state index in [0.717, 1.165) is 16.3 Å². The number of nitrogens with zero attached hydrogens (tertiary/aromatic N) is 3. The van der Waals surface area contributed by atoms with Crippen molar-refractivity contribution in [2.24, 2.45) is 0 Å². The molecular formula is C21H17N3O4. The first-order chi connectivity index (χ1) is 13.6. The van der Waals surface area contributed by atoms with Gasteiger partial charge in [-0.2, -0.15) is 0 Å². The number of nitro benzene ring substituents is 1. The zero-order chi connectivity index (χ0) is 19.7. The highest BCUT2D eigenvalue weighted by atomic mass is 16.6. The van der Waals surface area contributed by atoms with Crippen LogP contribution in [0.1, 0.15) is 18.0 Å². The predicted molar refractivity (Wildman–Crippen MR) is 105 cm³/mol. The molecule has 0 fully saturated rings. The molecule has 4 rings (SSSR count). The third kappa shape index (κ3) is 3.18. The van der Waals surface area contributed by atoms with Crippen molar-refractivity contribution in [2.45, 2.75) is 12.5 Å². The highest BCUT2D eigenvalue weighted by Crippen LogP contribution is 2.30. The van der Waals surface area contributed by atoms with Gasteiger partial charge < -0.3 is 9.30 Å². The molecule has 0 radical (unpaired) electrons. The standard InChI is InChI=1S/C21H17N3O4/c1-28-21(25)12-20(16-7-6-14-4-2-3-5-15(14)10-16)23-13-22-18-11-17(24(26)27)8-9-19(18)23/h2-11,13,20H,12H2,1H3. The summed E-state index contributed by atoms with van der Waals surface area (Å²) < 4.78 is 6.75.